The number of halogens is 1. The van der Waals surface area contributed by atoms with Crippen molar-refractivity contribution in [2.24, 2.45) is 5.10 Å². The number of rotatable bonds is 8. The molecule has 0 radical (unpaired) electrons. The lowest BCUT2D eigenvalue weighted by molar-refractivity contribution is -0.127. The average Bonchev–Trinajstić information content (AvgIpc) is 2.75. The minimum Gasteiger partial charge on any atom is -0.488 e. The van der Waals surface area contributed by atoms with Gasteiger partial charge in [0.2, 0.25) is 0 Å². The van der Waals surface area contributed by atoms with E-state index < -0.39 is 6.10 Å². The van der Waals surface area contributed by atoms with E-state index in [-0.39, 0.29) is 5.91 Å². The van der Waals surface area contributed by atoms with Gasteiger partial charge in [-0.15, -0.1) is 0 Å². The number of hydrazone groups is 1. The lowest BCUT2D eigenvalue weighted by atomic mass is 10.2. The molecule has 0 aliphatic heterocycles. The van der Waals surface area contributed by atoms with Crippen LogP contribution in [-0.2, 0) is 11.4 Å². The van der Waals surface area contributed by atoms with Gasteiger partial charge in [0.15, 0.2) is 6.10 Å². The van der Waals surface area contributed by atoms with Crippen LogP contribution in [0.5, 0.6) is 11.5 Å². The Morgan fingerprint density at radius 3 is 2.48 bits per heavy atom. The molecule has 0 aromatic heterocycles. The van der Waals surface area contributed by atoms with Gasteiger partial charge in [0, 0.05) is 10.6 Å². The van der Waals surface area contributed by atoms with Crippen molar-refractivity contribution in [3.63, 3.8) is 0 Å². The summed E-state index contributed by atoms with van der Waals surface area (Å²) in [5, 5.41) is 4.63. The number of hydrogen-bond donors (Lipinski definition) is 1. The molecule has 1 unspecified atom stereocenters. The van der Waals surface area contributed by atoms with Crippen LogP contribution in [0.2, 0.25) is 5.02 Å². The van der Waals surface area contributed by atoms with Crippen LogP contribution in [0.15, 0.2) is 84.0 Å². The van der Waals surface area contributed by atoms with E-state index >= 15 is 0 Å². The van der Waals surface area contributed by atoms with Gasteiger partial charge in [-0.05, 0) is 48.9 Å². The number of hydrogen-bond acceptors (Lipinski definition) is 4. The van der Waals surface area contributed by atoms with Gasteiger partial charge in [0.25, 0.3) is 5.91 Å². The number of benzene rings is 3. The molecule has 0 fully saturated rings. The third-order valence-electron chi connectivity index (χ3n) is 4.03. The summed E-state index contributed by atoms with van der Waals surface area (Å²) >= 11 is 5.84. The van der Waals surface area contributed by atoms with Crippen molar-refractivity contribution in [1.29, 1.82) is 0 Å². The van der Waals surface area contributed by atoms with Crippen molar-refractivity contribution in [3.05, 3.63) is 95.0 Å². The smallest absolute Gasteiger partial charge is 0.280 e. The summed E-state index contributed by atoms with van der Waals surface area (Å²) in [6.45, 7) is 2.10. The summed E-state index contributed by atoms with van der Waals surface area (Å²) in [5.74, 6) is 0.874. The van der Waals surface area contributed by atoms with Gasteiger partial charge < -0.3 is 9.47 Å². The number of para-hydroxylation sites is 1. The molecule has 148 valence electrons. The van der Waals surface area contributed by atoms with Crippen LogP contribution in [-0.4, -0.2) is 18.2 Å². The molecule has 0 spiro atoms. The van der Waals surface area contributed by atoms with Gasteiger partial charge in [-0.25, -0.2) is 5.43 Å². The highest BCUT2D eigenvalue weighted by Crippen LogP contribution is 2.18. The number of amides is 1. The summed E-state index contributed by atoms with van der Waals surface area (Å²) < 4.78 is 11.5. The fourth-order valence-electron chi connectivity index (χ4n) is 2.48. The van der Waals surface area contributed by atoms with Crippen molar-refractivity contribution < 1.29 is 14.3 Å². The second kappa shape index (κ2) is 10.3. The van der Waals surface area contributed by atoms with Crippen LogP contribution in [0.1, 0.15) is 18.1 Å². The van der Waals surface area contributed by atoms with E-state index in [0.717, 1.165) is 11.1 Å². The van der Waals surface area contributed by atoms with E-state index in [1.54, 1.807) is 37.4 Å². The number of carbonyl (C=O) groups is 1. The van der Waals surface area contributed by atoms with Crippen molar-refractivity contribution in [2.75, 3.05) is 0 Å². The zero-order chi connectivity index (χ0) is 20.5. The predicted octanol–water partition coefficient (Wildman–Crippen LogP) is 4.84. The van der Waals surface area contributed by atoms with Gasteiger partial charge in [-0.1, -0.05) is 54.1 Å². The minimum absolute atomic E-state index is 0.362. The monoisotopic (exact) mass is 408 g/mol. The molecule has 0 heterocycles. The van der Waals surface area contributed by atoms with Gasteiger partial charge in [-0.3, -0.25) is 4.79 Å². The van der Waals surface area contributed by atoms with Gasteiger partial charge in [0.1, 0.15) is 18.1 Å². The summed E-state index contributed by atoms with van der Waals surface area (Å²) in [4.78, 5) is 12.2. The minimum atomic E-state index is -0.710. The molecule has 1 atom stereocenters. The molecule has 0 saturated heterocycles. The Balaban J connectivity index is 1.55. The van der Waals surface area contributed by atoms with Crippen LogP contribution >= 0.6 is 11.6 Å². The molecule has 0 bridgehead atoms. The van der Waals surface area contributed by atoms with E-state index in [1.165, 1.54) is 0 Å². The molecule has 3 aromatic rings. The van der Waals surface area contributed by atoms with E-state index in [1.807, 2.05) is 54.6 Å². The first-order chi connectivity index (χ1) is 14.1. The molecule has 3 aromatic carbocycles. The lowest BCUT2D eigenvalue weighted by Crippen LogP contribution is -2.33. The topological polar surface area (TPSA) is 59.9 Å². The third kappa shape index (κ3) is 6.36. The SMILES string of the molecule is CC(Oc1ccc(Cl)cc1)C(=O)NN=Cc1ccccc1OCc1ccccc1. The lowest BCUT2D eigenvalue weighted by Gasteiger charge is -2.13. The Morgan fingerprint density at radius 2 is 1.72 bits per heavy atom. The predicted molar refractivity (Wildman–Crippen MR) is 114 cm³/mol. The Morgan fingerprint density at radius 1 is 1.03 bits per heavy atom. The quantitative estimate of drug-likeness (QED) is 0.428. The maximum absolute atomic E-state index is 12.2. The second-order valence-electron chi connectivity index (χ2n) is 6.26. The average molecular weight is 409 g/mol. The van der Waals surface area contributed by atoms with Crippen LogP contribution in [0.25, 0.3) is 0 Å². The molecule has 0 saturated carbocycles. The highest BCUT2D eigenvalue weighted by Gasteiger charge is 2.13. The van der Waals surface area contributed by atoms with Crippen LogP contribution in [0.4, 0.5) is 0 Å². The Labute approximate surface area is 174 Å². The number of nitrogens with zero attached hydrogens (tertiary/aromatic N) is 1. The molecule has 5 nitrogen and oxygen atoms in total. The van der Waals surface area contributed by atoms with Crippen LogP contribution in [0.3, 0.4) is 0 Å². The summed E-state index contributed by atoms with van der Waals surface area (Å²) in [6.07, 6.45) is 0.839. The molecule has 1 N–H and O–H groups in total. The van der Waals surface area contributed by atoms with Crippen LogP contribution < -0.4 is 14.9 Å². The van der Waals surface area contributed by atoms with E-state index in [2.05, 4.69) is 10.5 Å². The number of ether oxygens (including phenoxy) is 2. The van der Waals surface area contributed by atoms with Crippen molar-refractivity contribution >= 4 is 23.7 Å². The van der Waals surface area contributed by atoms with Gasteiger partial charge in [-0.2, -0.15) is 5.10 Å². The molecule has 0 aliphatic rings. The van der Waals surface area contributed by atoms with E-state index in [0.29, 0.717) is 23.1 Å². The molecule has 6 heteroatoms. The normalized spacial score (nSPS) is 11.8. The first-order valence-electron chi connectivity index (χ1n) is 9.13. The first-order valence-corrected chi connectivity index (χ1v) is 9.50. The fourth-order valence-corrected chi connectivity index (χ4v) is 2.61. The molecular formula is C23H21ClN2O3. The maximum Gasteiger partial charge on any atom is 0.280 e. The summed E-state index contributed by atoms with van der Waals surface area (Å²) in [5.41, 5.74) is 4.32. The van der Waals surface area contributed by atoms with E-state index in [9.17, 15) is 4.79 Å². The highest BCUT2D eigenvalue weighted by molar-refractivity contribution is 6.30. The Bertz CT molecular complexity index is 959. The largest absolute Gasteiger partial charge is 0.488 e. The van der Waals surface area contributed by atoms with Crippen LogP contribution in [0, 0.1) is 0 Å². The highest BCUT2D eigenvalue weighted by atomic mass is 35.5. The Kier molecular flexibility index (Phi) is 7.25. The molecule has 0 aliphatic carbocycles. The first kappa shape index (κ1) is 20.4. The molecule has 3 rings (SSSR count). The number of carbonyl (C=O) groups excluding carboxylic acids is 1. The zero-order valence-electron chi connectivity index (χ0n) is 15.9. The second-order valence-corrected chi connectivity index (χ2v) is 6.70. The van der Waals surface area contributed by atoms with Crippen molar-refractivity contribution in [2.45, 2.75) is 19.6 Å². The maximum atomic E-state index is 12.2. The fraction of sp³-hybridized carbons (Fsp3) is 0.130. The molecule has 1 amide bonds. The van der Waals surface area contributed by atoms with Gasteiger partial charge >= 0.3 is 0 Å². The number of nitrogens with one attached hydrogen (secondary N) is 1. The molecular weight excluding hydrogens is 388 g/mol. The third-order valence-corrected chi connectivity index (χ3v) is 4.28. The van der Waals surface area contributed by atoms with Gasteiger partial charge in [0.05, 0.1) is 6.21 Å². The molecule has 29 heavy (non-hydrogen) atoms. The van der Waals surface area contributed by atoms with Crippen molar-refractivity contribution in [3.8, 4) is 11.5 Å². The summed E-state index contributed by atoms with van der Waals surface area (Å²) in [7, 11) is 0. The van der Waals surface area contributed by atoms with E-state index in [4.69, 9.17) is 21.1 Å². The zero-order valence-corrected chi connectivity index (χ0v) is 16.7. The standard InChI is InChI=1S/C23H21ClN2O3/c1-17(29-21-13-11-20(24)12-14-21)23(27)26-25-15-19-9-5-6-10-22(19)28-16-18-7-3-2-4-8-18/h2-15,17H,16H2,1H3,(H,26,27). The Hall–Kier alpha value is -3.31. The summed E-state index contributed by atoms with van der Waals surface area (Å²) in [6, 6.07) is 24.2. The van der Waals surface area contributed by atoms with Crippen molar-refractivity contribution in [1.82, 2.24) is 5.43 Å².